The molecular formula is C22H24FNO3S. The summed E-state index contributed by atoms with van der Waals surface area (Å²) < 4.78 is 24.8. The van der Waals surface area contributed by atoms with Gasteiger partial charge in [0.15, 0.2) is 11.5 Å². The average molecular weight is 402 g/mol. The van der Waals surface area contributed by atoms with E-state index in [2.05, 4.69) is 16.8 Å². The monoisotopic (exact) mass is 401 g/mol. The van der Waals surface area contributed by atoms with E-state index < -0.39 is 0 Å². The molecule has 1 heterocycles. The largest absolute Gasteiger partial charge is 0.508 e. The summed E-state index contributed by atoms with van der Waals surface area (Å²) in [4.78, 5) is 0. The molecule has 0 saturated heterocycles. The number of ether oxygens (including phenoxy) is 2. The number of hydrogen-bond donors (Lipinski definition) is 2. The maximum Gasteiger partial charge on any atom is 0.164 e. The van der Waals surface area contributed by atoms with Crippen LogP contribution in [0.4, 0.5) is 4.39 Å². The fourth-order valence-electron chi connectivity index (χ4n) is 2.74. The van der Waals surface area contributed by atoms with Crippen LogP contribution in [0.25, 0.3) is 11.1 Å². The predicted octanol–water partition coefficient (Wildman–Crippen LogP) is 5.22. The average Bonchev–Trinajstić information content (AvgIpc) is 3.19. The fourth-order valence-corrected chi connectivity index (χ4v) is 3.40. The Morgan fingerprint density at radius 1 is 1.07 bits per heavy atom. The number of thiophene rings is 1. The van der Waals surface area contributed by atoms with E-state index in [1.165, 1.54) is 12.1 Å². The summed E-state index contributed by atoms with van der Waals surface area (Å²) in [6.07, 6.45) is -0.0237. The lowest BCUT2D eigenvalue weighted by Crippen LogP contribution is -2.21. The normalized spacial score (nSPS) is 11.0. The van der Waals surface area contributed by atoms with E-state index in [0.717, 1.165) is 16.7 Å². The lowest BCUT2D eigenvalue weighted by molar-refractivity contribution is 0.220. The van der Waals surface area contributed by atoms with Crippen molar-refractivity contribution in [3.05, 3.63) is 64.6 Å². The Bertz CT molecular complexity index is 897. The summed E-state index contributed by atoms with van der Waals surface area (Å²) in [6, 6.07) is 11.9. The van der Waals surface area contributed by atoms with E-state index in [-0.39, 0.29) is 17.7 Å². The van der Waals surface area contributed by atoms with Crippen LogP contribution < -0.4 is 14.8 Å². The smallest absolute Gasteiger partial charge is 0.164 e. The molecule has 2 aromatic carbocycles. The van der Waals surface area contributed by atoms with Crippen molar-refractivity contribution in [1.82, 2.24) is 5.32 Å². The number of rotatable bonds is 9. The zero-order valence-corrected chi connectivity index (χ0v) is 16.8. The highest BCUT2D eigenvalue weighted by molar-refractivity contribution is 7.08. The molecule has 0 atom stereocenters. The van der Waals surface area contributed by atoms with Gasteiger partial charge in [0, 0.05) is 24.7 Å². The van der Waals surface area contributed by atoms with Gasteiger partial charge in [-0.05, 0) is 66.1 Å². The summed E-state index contributed by atoms with van der Waals surface area (Å²) in [7, 11) is 0. The van der Waals surface area contributed by atoms with E-state index in [4.69, 9.17) is 9.47 Å². The SMILES string of the molecule is CC(C)Oc1ccc(F)cc1OCCNCc1cc(-c2ccsc2)ccc1O. The zero-order valence-electron chi connectivity index (χ0n) is 15.9. The first-order valence-corrected chi connectivity index (χ1v) is 10.1. The minimum absolute atomic E-state index is 0.0237. The summed E-state index contributed by atoms with van der Waals surface area (Å²) in [5.41, 5.74) is 3.03. The second-order valence-electron chi connectivity index (χ2n) is 6.64. The highest BCUT2D eigenvalue weighted by atomic mass is 32.1. The molecule has 1 aromatic heterocycles. The van der Waals surface area contributed by atoms with Gasteiger partial charge in [0.2, 0.25) is 0 Å². The molecule has 0 aliphatic rings. The van der Waals surface area contributed by atoms with Crippen LogP contribution in [0.2, 0.25) is 0 Å². The molecule has 0 spiro atoms. The Labute approximate surface area is 168 Å². The van der Waals surface area contributed by atoms with E-state index >= 15 is 0 Å². The maximum atomic E-state index is 13.5. The van der Waals surface area contributed by atoms with Crippen molar-refractivity contribution in [2.24, 2.45) is 0 Å². The van der Waals surface area contributed by atoms with Crippen molar-refractivity contribution >= 4 is 11.3 Å². The van der Waals surface area contributed by atoms with Crippen molar-refractivity contribution < 1.29 is 19.0 Å². The molecule has 3 rings (SSSR count). The second kappa shape index (κ2) is 9.57. The van der Waals surface area contributed by atoms with Crippen LogP contribution in [0.5, 0.6) is 17.2 Å². The van der Waals surface area contributed by atoms with Gasteiger partial charge in [0.25, 0.3) is 0 Å². The fraction of sp³-hybridized carbons (Fsp3) is 0.273. The molecule has 0 aliphatic carbocycles. The van der Waals surface area contributed by atoms with Gasteiger partial charge in [-0.1, -0.05) is 6.07 Å². The Kier molecular flexibility index (Phi) is 6.90. The summed E-state index contributed by atoms with van der Waals surface area (Å²) in [6.45, 7) is 5.21. The molecule has 0 bridgehead atoms. The predicted molar refractivity (Wildman–Crippen MR) is 111 cm³/mol. The number of halogens is 1. The van der Waals surface area contributed by atoms with Crippen LogP contribution in [0.1, 0.15) is 19.4 Å². The Hall–Kier alpha value is -2.57. The highest BCUT2D eigenvalue weighted by Crippen LogP contribution is 2.29. The third kappa shape index (κ3) is 5.47. The molecule has 28 heavy (non-hydrogen) atoms. The molecule has 0 radical (unpaired) electrons. The summed E-state index contributed by atoms with van der Waals surface area (Å²) in [5, 5.41) is 17.4. The van der Waals surface area contributed by atoms with Crippen molar-refractivity contribution in [2.45, 2.75) is 26.5 Å². The van der Waals surface area contributed by atoms with Gasteiger partial charge in [0.05, 0.1) is 6.10 Å². The maximum absolute atomic E-state index is 13.5. The van der Waals surface area contributed by atoms with Gasteiger partial charge in [-0.15, -0.1) is 0 Å². The van der Waals surface area contributed by atoms with Crippen molar-refractivity contribution in [3.63, 3.8) is 0 Å². The molecule has 0 amide bonds. The van der Waals surface area contributed by atoms with Gasteiger partial charge in [-0.25, -0.2) is 4.39 Å². The Morgan fingerprint density at radius 2 is 1.93 bits per heavy atom. The standard InChI is InChI=1S/C22H24FNO3S/c1-15(2)27-21-6-4-19(23)12-22(21)26-9-8-24-13-18-11-16(3-5-20(18)25)17-7-10-28-14-17/h3-7,10-12,14-15,24-25H,8-9,13H2,1-2H3. The van der Waals surface area contributed by atoms with Crippen LogP contribution in [0.15, 0.2) is 53.2 Å². The highest BCUT2D eigenvalue weighted by Gasteiger charge is 2.09. The van der Waals surface area contributed by atoms with Crippen LogP contribution in [0, 0.1) is 5.82 Å². The molecule has 4 nitrogen and oxygen atoms in total. The van der Waals surface area contributed by atoms with Crippen LogP contribution in [-0.4, -0.2) is 24.4 Å². The van der Waals surface area contributed by atoms with Crippen LogP contribution >= 0.6 is 11.3 Å². The molecule has 0 aliphatic heterocycles. The minimum Gasteiger partial charge on any atom is -0.508 e. The molecule has 0 saturated carbocycles. The third-order valence-corrected chi connectivity index (χ3v) is 4.74. The lowest BCUT2D eigenvalue weighted by atomic mass is 10.1. The number of aromatic hydroxyl groups is 1. The van der Waals surface area contributed by atoms with Crippen LogP contribution in [0.3, 0.4) is 0 Å². The number of nitrogens with one attached hydrogen (secondary N) is 1. The summed E-state index contributed by atoms with van der Waals surface area (Å²) >= 11 is 1.64. The van der Waals surface area contributed by atoms with E-state index in [1.54, 1.807) is 23.5 Å². The van der Waals surface area contributed by atoms with Crippen molar-refractivity contribution in [2.75, 3.05) is 13.2 Å². The number of hydrogen-bond acceptors (Lipinski definition) is 5. The van der Waals surface area contributed by atoms with Gasteiger partial charge >= 0.3 is 0 Å². The Morgan fingerprint density at radius 3 is 2.68 bits per heavy atom. The summed E-state index contributed by atoms with van der Waals surface area (Å²) in [5.74, 6) is 0.801. The zero-order chi connectivity index (χ0) is 19.9. The van der Waals surface area contributed by atoms with Crippen LogP contribution in [-0.2, 0) is 6.54 Å². The first-order chi connectivity index (χ1) is 13.5. The third-order valence-electron chi connectivity index (χ3n) is 4.05. The Balaban J connectivity index is 1.53. The van der Waals surface area contributed by atoms with E-state index in [0.29, 0.717) is 31.2 Å². The molecule has 2 N–H and O–H groups in total. The van der Waals surface area contributed by atoms with Gasteiger partial charge in [0.1, 0.15) is 18.2 Å². The molecular weight excluding hydrogens is 377 g/mol. The molecule has 148 valence electrons. The van der Waals surface area contributed by atoms with E-state index in [9.17, 15) is 9.50 Å². The molecule has 3 aromatic rings. The quantitative estimate of drug-likeness (QED) is 0.483. The van der Waals surface area contributed by atoms with Crippen molar-refractivity contribution in [1.29, 1.82) is 0 Å². The number of phenolic OH excluding ortho intramolecular Hbond substituents is 1. The van der Waals surface area contributed by atoms with Crippen molar-refractivity contribution in [3.8, 4) is 28.4 Å². The molecule has 0 fully saturated rings. The van der Waals surface area contributed by atoms with Gasteiger partial charge in [-0.2, -0.15) is 11.3 Å². The van der Waals surface area contributed by atoms with Gasteiger partial charge < -0.3 is 19.9 Å². The number of phenols is 1. The lowest BCUT2D eigenvalue weighted by Gasteiger charge is -2.15. The molecule has 0 unspecified atom stereocenters. The van der Waals surface area contributed by atoms with E-state index in [1.807, 2.05) is 31.4 Å². The number of benzene rings is 2. The first-order valence-electron chi connectivity index (χ1n) is 9.17. The first kappa shape index (κ1) is 20.2. The molecule has 6 heteroatoms. The minimum atomic E-state index is -0.366. The second-order valence-corrected chi connectivity index (χ2v) is 7.42. The van der Waals surface area contributed by atoms with Gasteiger partial charge in [-0.3, -0.25) is 0 Å². The topological polar surface area (TPSA) is 50.7 Å².